The fourth-order valence-electron chi connectivity index (χ4n) is 3.53. The van der Waals surface area contributed by atoms with Gasteiger partial charge in [0.05, 0.1) is 0 Å². The van der Waals surface area contributed by atoms with Gasteiger partial charge in [-0.25, -0.2) is 4.79 Å². The van der Waals surface area contributed by atoms with E-state index in [2.05, 4.69) is 21.8 Å². The predicted octanol–water partition coefficient (Wildman–Crippen LogP) is 2.56. The molecule has 0 spiro atoms. The molecule has 0 amide bonds. The van der Waals surface area contributed by atoms with Gasteiger partial charge in [-0.15, -0.1) is 0 Å². The molecule has 7 heteroatoms. The number of hydrogen-bond acceptors (Lipinski definition) is 4. The van der Waals surface area contributed by atoms with Gasteiger partial charge in [0.25, 0.3) is 0 Å². The van der Waals surface area contributed by atoms with Crippen molar-refractivity contribution in [3.05, 3.63) is 35.4 Å². The molecule has 0 radical (unpaired) electrons. The standard InChI is InChI=1S/C16H19F3N2O2/c17-16(18,19)14(22)23-15(20)6-5-11(7-15)8-21-9-12-3-1-2-4-13(12)10-21/h1-4,11H,5-10,20H2/t11-,15+/m0/s1. The number of fused-ring (bicyclic) bond motifs is 1. The van der Waals surface area contributed by atoms with Gasteiger partial charge in [-0.1, -0.05) is 24.3 Å². The lowest BCUT2D eigenvalue weighted by Crippen LogP contribution is -2.45. The van der Waals surface area contributed by atoms with E-state index < -0.39 is 17.9 Å². The Morgan fingerprint density at radius 3 is 2.48 bits per heavy atom. The van der Waals surface area contributed by atoms with Crippen LogP contribution in [0, 0.1) is 5.92 Å². The molecule has 1 aromatic rings. The average Bonchev–Trinajstić information content (AvgIpc) is 3.01. The number of carbonyl (C=O) groups excluding carboxylic acids is 1. The van der Waals surface area contributed by atoms with Gasteiger partial charge in [0.1, 0.15) is 0 Å². The summed E-state index contributed by atoms with van der Waals surface area (Å²) in [5, 5.41) is 0. The lowest BCUT2D eigenvalue weighted by Gasteiger charge is -2.26. The second-order valence-corrected chi connectivity index (χ2v) is 6.50. The number of nitrogens with two attached hydrogens (primary N) is 1. The van der Waals surface area contributed by atoms with Crippen LogP contribution in [0.15, 0.2) is 24.3 Å². The molecule has 0 unspecified atom stereocenters. The summed E-state index contributed by atoms with van der Waals surface area (Å²) in [6, 6.07) is 8.17. The normalized spacial score (nSPS) is 27.9. The van der Waals surface area contributed by atoms with Crippen molar-refractivity contribution >= 4 is 5.97 Å². The van der Waals surface area contributed by atoms with Gasteiger partial charge in [-0.2, -0.15) is 13.2 Å². The van der Waals surface area contributed by atoms with Crippen LogP contribution in [-0.2, 0) is 22.6 Å². The summed E-state index contributed by atoms with van der Waals surface area (Å²) in [7, 11) is 0. The number of rotatable bonds is 3. The summed E-state index contributed by atoms with van der Waals surface area (Å²) in [5.41, 5.74) is 6.92. The molecule has 2 atom stereocenters. The van der Waals surface area contributed by atoms with Crippen LogP contribution in [-0.4, -0.2) is 29.3 Å². The Hall–Kier alpha value is -1.60. The molecule has 23 heavy (non-hydrogen) atoms. The molecule has 4 nitrogen and oxygen atoms in total. The third-order valence-electron chi connectivity index (χ3n) is 4.56. The van der Waals surface area contributed by atoms with Gasteiger partial charge in [0.2, 0.25) is 0 Å². The van der Waals surface area contributed by atoms with Crippen LogP contribution < -0.4 is 5.73 Å². The minimum Gasteiger partial charge on any atom is -0.437 e. The number of hydrogen-bond donors (Lipinski definition) is 1. The first-order chi connectivity index (χ1) is 10.8. The van der Waals surface area contributed by atoms with Gasteiger partial charge in [-0.05, 0) is 23.5 Å². The molecular formula is C16H19F3N2O2. The molecule has 0 bridgehead atoms. The van der Waals surface area contributed by atoms with E-state index in [1.165, 1.54) is 11.1 Å². The van der Waals surface area contributed by atoms with Crippen LogP contribution in [0.3, 0.4) is 0 Å². The minimum absolute atomic E-state index is 0.135. The molecule has 126 valence electrons. The quantitative estimate of drug-likeness (QED) is 0.684. The van der Waals surface area contributed by atoms with E-state index >= 15 is 0 Å². The number of alkyl halides is 3. The largest absolute Gasteiger partial charge is 0.490 e. The van der Waals surface area contributed by atoms with Gasteiger partial charge in [0, 0.05) is 32.5 Å². The van der Waals surface area contributed by atoms with E-state index in [0.717, 1.165) is 19.6 Å². The van der Waals surface area contributed by atoms with E-state index in [9.17, 15) is 18.0 Å². The summed E-state index contributed by atoms with van der Waals surface area (Å²) in [6.45, 7) is 2.43. The molecule has 2 N–H and O–H groups in total. The monoisotopic (exact) mass is 328 g/mol. The summed E-state index contributed by atoms with van der Waals surface area (Å²) in [4.78, 5) is 13.2. The van der Waals surface area contributed by atoms with E-state index in [0.29, 0.717) is 6.42 Å². The summed E-state index contributed by atoms with van der Waals surface area (Å²) in [5.74, 6) is -2.07. The second-order valence-electron chi connectivity index (χ2n) is 6.50. The van der Waals surface area contributed by atoms with Crippen LogP contribution in [0.4, 0.5) is 13.2 Å². The van der Waals surface area contributed by atoms with Gasteiger partial charge in [-0.3, -0.25) is 10.6 Å². The Morgan fingerprint density at radius 2 is 1.91 bits per heavy atom. The Bertz CT molecular complexity index is 580. The zero-order chi connectivity index (χ0) is 16.7. The molecule has 1 heterocycles. The fraction of sp³-hybridized carbons (Fsp3) is 0.562. The summed E-state index contributed by atoms with van der Waals surface area (Å²) >= 11 is 0. The topological polar surface area (TPSA) is 55.6 Å². The van der Waals surface area contributed by atoms with E-state index in [1.807, 2.05) is 12.1 Å². The third-order valence-corrected chi connectivity index (χ3v) is 4.56. The van der Waals surface area contributed by atoms with Gasteiger partial charge >= 0.3 is 12.1 Å². The van der Waals surface area contributed by atoms with E-state index in [-0.39, 0.29) is 18.8 Å². The SMILES string of the molecule is N[C@@]1(OC(=O)C(F)(F)F)CC[C@H](CN2Cc3ccccc3C2)C1. The maximum absolute atomic E-state index is 12.3. The number of benzene rings is 1. The van der Waals surface area contributed by atoms with E-state index in [4.69, 9.17) is 5.73 Å². The molecule has 0 aromatic heterocycles. The number of esters is 1. The van der Waals surface area contributed by atoms with Crippen LogP contribution in [0.5, 0.6) is 0 Å². The highest BCUT2D eigenvalue weighted by atomic mass is 19.4. The van der Waals surface area contributed by atoms with Crippen LogP contribution in [0.1, 0.15) is 30.4 Å². The van der Waals surface area contributed by atoms with Crippen LogP contribution >= 0.6 is 0 Å². The lowest BCUT2D eigenvalue weighted by atomic mass is 10.1. The minimum atomic E-state index is -5.00. The zero-order valence-electron chi connectivity index (χ0n) is 12.6. The molecule has 0 saturated heterocycles. The van der Waals surface area contributed by atoms with Crippen molar-refractivity contribution in [3.63, 3.8) is 0 Å². The molecule has 1 saturated carbocycles. The predicted molar refractivity (Wildman–Crippen MR) is 77.0 cm³/mol. The smallest absolute Gasteiger partial charge is 0.437 e. The Balaban J connectivity index is 1.54. The number of carbonyl (C=O) groups is 1. The van der Waals surface area contributed by atoms with Crippen molar-refractivity contribution in [2.75, 3.05) is 6.54 Å². The maximum Gasteiger partial charge on any atom is 0.490 e. The summed E-state index contributed by atoms with van der Waals surface area (Å²) in [6.07, 6.45) is -3.81. The van der Waals surface area contributed by atoms with Crippen molar-refractivity contribution in [1.82, 2.24) is 4.90 Å². The molecular weight excluding hydrogens is 309 g/mol. The van der Waals surface area contributed by atoms with Crippen molar-refractivity contribution in [2.24, 2.45) is 11.7 Å². The molecule has 3 rings (SSSR count). The first kappa shape index (κ1) is 16.3. The molecule has 1 fully saturated rings. The number of ether oxygens (including phenoxy) is 1. The van der Waals surface area contributed by atoms with Crippen molar-refractivity contribution in [2.45, 2.75) is 44.3 Å². The fourth-order valence-corrected chi connectivity index (χ4v) is 3.53. The molecule has 1 aliphatic heterocycles. The maximum atomic E-state index is 12.3. The first-order valence-electron chi connectivity index (χ1n) is 7.63. The first-order valence-corrected chi connectivity index (χ1v) is 7.63. The third kappa shape index (κ3) is 3.67. The highest BCUT2D eigenvalue weighted by molar-refractivity contribution is 5.76. The number of nitrogens with zero attached hydrogens (tertiary/aromatic N) is 1. The Kier molecular flexibility index (Phi) is 4.10. The highest BCUT2D eigenvalue weighted by Crippen LogP contribution is 2.37. The zero-order valence-corrected chi connectivity index (χ0v) is 12.6. The van der Waals surface area contributed by atoms with Crippen molar-refractivity contribution in [1.29, 1.82) is 0 Å². The molecule has 1 aromatic carbocycles. The highest BCUT2D eigenvalue weighted by Gasteiger charge is 2.48. The van der Waals surface area contributed by atoms with Gasteiger partial charge < -0.3 is 4.74 Å². The van der Waals surface area contributed by atoms with Crippen LogP contribution in [0.2, 0.25) is 0 Å². The van der Waals surface area contributed by atoms with E-state index in [1.54, 1.807) is 0 Å². The van der Waals surface area contributed by atoms with Crippen molar-refractivity contribution < 1.29 is 22.7 Å². The molecule has 1 aliphatic carbocycles. The second kappa shape index (κ2) is 5.79. The molecule has 2 aliphatic rings. The van der Waals surface area contributed by atoms with Crippen LogP contribution in [0.25, 0.3) is 0 Å². The van der Waals surface area contributed by atoms with Crippen molar-refractivity contribution in [3.8, 4) is 0 Å². The summed E-state index contributed by atoms with van der Waals surface area (Å²) < 4.78 is 41.4. The Labute approximate surface area is 132 Å². The lowest BCUT2D eigenvalue weighted by molar-refractivity contribution is -0.213. The van der Waals surface area contributed by atoms with Gasteiger partial charge in [0.15, 0.2) is 5.72 Å². The average molecular weight is 328 g/mol. The Morgan fingerprint density at radius 1 is 1.30 bits per heavy atom. The number of halogens is 3.